The van der Waals surface area contributed by atoms with Gasteiger partial charge in [0.25, 0.3) is 0 Å². The van der Waals surface area contributed by atoms with Gasteiger partial charge >= 0.3 is 0 Å². The quantitative estimate of drug-likeness (QED) is 0.892. The van der Waals surface area contributed by atoms with E-state index in [0.29, 0.717) is 5.91 Å². The first-order chi connectivity index (χ1) is 12.3. The zero-order valence-corrected chi connectivity index (χ0v) is 16.5. The highest BCUT2D eigenvalue weighted by Crippen LogP contribution is 2.32. The number of carbonyl (C=O) groups excluding carboxylic acids is 2. The van der Waals surface area contributed by atoms with Crippen molar-refractivity contribution in [3.05, 3.63) is 35.4 Å². The lowest BCUT2D eigenvalue weighted by atomic mass is 9.86. The molecule has 1 N–H and O–H groups in total. The van der Waals surface area contributed by atoms with Gasteiger partial charge in [-0.3, -0.25) is 9.59 Å². The number of hydrogen-bond donors (Lipinski definition) is 1. The standard InChI is InChI=1S/C22H32N2O2/c1-15(16-7-9-19(10-8-16)22(2,3)4)23-20(25)17-11-13-24(14-12-17)21(26)18-5-6-18/h7-10,15,17-18H,5-6,11-14H2,1-4H3,(H,23,25). The minimum atomic E-state index is 0.00245. The molecule has 2 fully saturated rings. The smallest absolute Gasteiger partial charge is 0.225 e. The molecule has 0 bridgehead atoms. The number of amides is 2. The number of likely N-dealkylation sites (tertiary alicyclic amines) is 1. The van der Waals surface area contributed by atoms with Crippen LogP contribution in [0.5, 0.6) is 0 Å². The minimum absolute atomic E-state index is 0.00245. The zero-order valence-electron chi connectivity index (χ0n) is 16.5. The Morgan fingerprint density at radius 3 is 2.08 bits per heavy atom. The second-order valence-electron chi connectivity index (χ2n) is 8.98. The molecule has 142 valence electrons. The van der Waals surface area contributed by atoms with Gasteiger partial charge in [0.2, 0.25) is 11.8 Å². The summed E-state index contributed by atoms with van der Waals surface area (Å²) in [6.45, 7) is 10.1. The summed E-state index contributed by atoms with van der Waals surface area (Å²) < 4.78 is 0. The SMILES string of the molecule is CC(NC(=O)C1CCN(C(=O)C2CC2)CC1)c1ccc(C(C)(C)C)cc1. The lowest BCUT2D eigenvalue weighted by molar-refractivity contribution is -0.136. The van der Waals surface area contributed by atoms with Crippen molar-refractivity contribution in [2.45, 2.75) is 64.8 Å². The molecule has 0 spiro atoms. The number of nitrogens with one attached hydrogen (secondary N) is 1. The molecule has 1 aromatic rings. The summed E-state index contributed by atoms with van der Waals surface area (Å²) in [7, 11) is 0. The summed E-state index contributed by atoms with van der Waals surface area (Å²) >= 11 is 0. The summed E-state index contributed by atoms with van der Waals surface area (Å²) in [5.74, 6) is 0.720. The fourth-order valence-corrected chi connectivity index (χ4v) is 3.64. The molecule has 1 aliphatic heterocycles. The highest BCUT2D eigenvalue weighted by molar-refractivity contribution is 5.82. The molecule has 1 aliphatic carbocycles. The van der Waals surface area contributed by atoms with Crippen molar-refractivity contribution >= 4 is 11.8 Å². The molecule has 1 aromatic carbocycles. The summed E-state index contributed by atoms with van der Waals surface area (Å²) in [4.78, 5) is 26.7. The van der Waals surface area contributed by atoms with Crippen LogP contribution in [-0.2, 0) is 15.0 Å². The van der Waals surface area contributed by atoms with E-state index in [1.807, 2.05) is 11.8 Å². The van der Waals surface area contributed by atoms with Crippen LogP contribution in [0, 0.1) is 11.8 Å². The van der Waals surface area contributed by atoms with Crippen molar-refractivity contribution in [2.75, 3.05) is 13.1 Å². The van der Waals surface area contributed by atoms with Crippen LogP contribution in [0.4, 0.5) is 0 Å². The Kier molecular flexibility index (Phi) is 5.40. The molecule has 2 aliphatic rings. The second-order valence-corrected chi connectivity index (χ2v) is 8.98. The second kappa shape index (κ2) is 7.42. The molecule has 3 rings (SSSR count). The molecule has 0 aromatic heterocycles. The molecular weight excluding hydrogens is 324 g/mol. The van der Waals surface area contributed by atoms with Gasteiger partial charge in [-0.05, 0) is 49.1 Å². The molecule has 2 amide bonds. The topological polar surface area (TPSA) is 49.4 Å². The Labute approximate surface area is 157 Å². The number of benzene rings is 1. The van der Waals surface area contributed by atoms with Gasteiger partial charge in [0.1, 0.15) is 0 Å². The molecule has 4 heteroatoms. The number of rotatable bonds is 4. The van der Waals surface area contributed by atoms with Crippen molar-refractivity contribution in [3.8, 4) is 0 Å². The number of piperidine rings is 1. The van der Waals surface area contributed by atoms with E-state index >= 15 is 0 Å². The van der Waals surface area contributed by atoms with Crippen molar-refractivity contribution in [2.24, 2.45) is 11.8 Å². The maximum Gasteiger partial charge on any atom is 0.225 e. The molecule has 1 heterocycles. The van der Waals surface area contributed by atoms with Crippen LogP contribution < -0.4 is 5.32 Å². The monoisotopic (exact) mass is 356 g/mol. The van der Waals surface area contributed by atoms with Gasteiger partial charge in [-0.25, -0.2) is 0 Å². The first kappa shape index (κ1) is 18.9. The fourth-order valence-electron chi connectivity index (χ4n) is 3.64. The maximum atomic E-state index is 12.6. The van der Waals surface area contributed by atoms with E-state index in [1.54, 1.807) is 0 Å². The third kappa shape index (κ3) is 4.46. The molecule has 1 saturated carbocycles. The number of nitrogens with zero attached hydrogens (tertiary/aromatic N) is 1. The summed E-state index contributed by atoms with van der Waals surface area (Å²) in [5.41, 5.74) is 2.57. The van der Waals surface area contributed by atoms with E-state index in [1.165, 1.54) is 5.56 Å². The van der Waals surface area contributed by atoms with Crippen LogP contribution in [-0.4, -0.2) is 29.8 Å². The van der Waals surface area contributed by atoms with E-state index < -0.39 is 0 Å². The van der Waals surface area contributed by atoms with Crippen LogP contribution >= 0.6 is 0 Å². The van der Waals surface area contributed by atoms with Crippen LogP contribution in [0.1, 0.15) is 70.5 Å². The van der Waals surface area contributed by atoms with Gasteiger partial charge < -0.3 is 10.2 Å². The van der Waals surface area contributed by atoms with Gasteiger partial charge in [0.05, 0.1) is 6.04 Å². The molecule has 1 saturated heterocycles. The van der Waals surface area contributed by atoms with Crippen LogP contribution in [0.2, 0.25) is 0 Å². The van der Waals surface area contributed by atoms with E-state index in [-0.39, 0.29) is 29.2 Å². The molecular formula is C22H32N2O2. The molecule has 26 heavy (non-hydrogen) atoms. The highest BCUT2D eigenvalue weighted by atomic mass is 16.2. The van der Waals surface area contributed by atoms with E-state index in [9.17, 15) is 9.59 Å². The van der Waals surface area contributed by atoms with Crippen LogP contribution in [0.3, 0.4) is 0 Å². The molecule has 4 nitrogen and oxygen atoms in total. The first-order valence-corrected chi connectivity index (χ1v) is 9.95. The Hall–Kier alpha value is -1.84. The molecule has 1 atom stereocenters. The lowest BCUT2D eigenvalue weighted by Gasteiger charge is -2.32. The summed E-state index contributed by atoms with van der Waals surface area (Å²) in [5, 5.41) is 3.16. The number of hydrogen-bond acceptors (Lipinski definition) is 2. The predicted molar refractivity (Wildman–Crippen MR) is 104 cm³/mol. The van der Waals surface area contributed by atoms with Crippen molar-refractivity contribution < 1.29 is 9.59 Å². The molecule has 0 radical (unpaired) electrons. The van der Waals surface area contributed by atoms with Crippen molar-refractivity contribution in [3.63, 3.8) is 0 Å². The van der Waals surface area contributed by atoms with Gasteiger partial charge in [-0.2, -0.15) is 0 Å². The summed E-state index contributed by atoms with van der Waals surface area (Å²) in [6.07, 6.45) is 3.65. The van der Waals surface area contributed by atoms with Crippen molar-refractivity contribution in [1.29, 1.82) is 0 Å². The fraction of sp³-hybridized carbons (Fsp3) is 0.636. The Morgan fingerprint density at radius 2 is 1.58 bits per heavy atom. The molecule has 1 unspecified atom stereocenters. The van der Waals surface area contributed by atoms with E-state index in [4.69, 9.17) is 0 Å². The van der Waals surface area contributed by atoms with E-state index in [2.05, 4.69) is 50.4 Å². The Bertz CT molecular complexity index is 648. The Morgan fingerprint density at radius 1 is 1.00 bits per heavy atom. The third-order valence-corrected chi connectivity index (χ3v) is 5.74. The third-order valence-electron chi connectivity index (χ3n) is 5.74. The van der Waals surface area contributed by atoms with Crippen molar-refractivity contribution in [1.82, 2.24) is 10.2 Å². The van der Waals surface area contributed by atoms with Crippen LogP contribution in [0.25, 0.3) is 0 Å². The largest absolute Gasteiger partial charge is 0.349 e. The first-order valence-electron chi connectivity index (χ1n) is 9.95. The van der Waals surface area contributed by atoms with E-state index in [0.717, 1.165) is 44.3 Å². The Balaban J connectivity index is 1.50. The average Bonchev–Trinajstić information content (AvgIpc) is 3.45. The average molecular weight is 357 g/mol. The lowest BCUT2D eigenvalue weighted by Crippen LogP contribution is -2.44. The maximum absolute atomic E-state index is 12.6. The van der Waals surface area contributed by atoms with Crippen LogP contribution in [0.15, 0.2) is 24.3 Å². The highest BCUT2D eigenvalue weighted by Gasteiger charge is 2.36. The number of carbonyl (C=O) groups is 2. The predicted octanol–water partition coefficient (Wildman–Crippen LogP) is 3.81. The van der Waals surface area contributed by atoms with Gasteiger partial charge in [-0.1, -0.05) is 45.0 Å². The van der Waals surface area contributed by atoms with Gasteiger partial charge in [-0.15, -0.1) is 0 Å². The van der Waals surface area contributed by atoms with Gasteiger partial charge in [0, 0.05) is 24.9 Å². The summed E-state index contributed by atoms with van der Waals surface area (Å²) in [6, 6.07) is 8.53. The minimum Gasteiger partial charge on any atom is -0.349 e. The zero-order chi connectivity index (χ0) is 18.9. The normalized spacial score (nSPS) is 19.9. The van der Waals surface area contributed by atoms with Gasteiger partial charge in [0.15, 0.2) is 0 Å².